The highest BCUT2D eigenvalue weighted by atomic mass is 16.5. The van der Waals surface area contributed by atoms with Crippen LogP contribution in [0.25, 0.3) is 10.8 Å². The molecule has 2 aromatic rings. The van der Waals surface area contributed by atoms with Crippen molar-refractivity contribution in [3.63, 3.8) is 0 Å². The molecule has 0 aliphatic heterocycles. The first kappa shape index (κ1) is 17.7. The zero-order valence-corrected chi connectivity index (χ0v) is 15.3. The average molecular weight is 341 g/mol. The van der Waals surface area contributed by atoms with Gasteiger partial charge >= 0.3 is 0 Å². The van der Waals surface area contributed by atoms with Gasteiger partial charge in [-0.3, -0.25) is 4.79 Å². The molecule has 1 fully saturated rings. The van der Waals surface area contributed by atoms with E-state index in [1.165, 1.54) is 0 Å². The summed E-state index contributed by atoms with van der Waals surface area (Å²) < 4.78 is 11.4. The number of hydrogen-bond donors (Lipinski definition) is 1. The number of methoxy groups -OCH3 is 1. The molecule has 0 saturated heterocycles. The van der Waals surface area contributed by atoms with Gasteiger partial charge in [0.1, 0.15) is 11.4 Å². The maximum absolute atomic E-state index is 13.2. The summed E-state index contributed by atoms with van der Waals surface area (Å²) in [5, 5.41) is 5.10. The van der Waals surface area contributed by atoms with Gasteiger partial charge in [0, 0.05) is 23.1 Å². The quantitative estimate of drug-likeness (QED) is 0.852. The largest absolute Gasteiger partial charge is 0.496 e. The monoisotopic (exact) mass is 341 g/mol. The van der Waals surface area contributed by atoms with E-state index in [1.54, 1.807) is 7.11 Å². The van der Waals surface area contributed by atoms with Gasteiger partial charge in [0.25, 0.3) is 5.91 Å². The van der Waals surface area contributed by atoms with Crippen molar-refractivity contribution in [3.05, 3.63) is 36.4 Å². The Hall–Kier alpha value is -2.07. The Morgan fingerprint density at radius 1 is 1.24 bits per heavy atom. The first-order valence-corrected chi connectivity index (χ1v) is 9.11. The molecule has 2 atom stereocenters. The number of hydrogen-bond acceptors (Lipinski definition) is 3. The smallest absolute Gasteiger partial charge is 0.256 e. The molecule has 0 spiro atoms. The third-order valence-corrected chi connectivity index (χ3v) is 5.14. The van der Waals surface area contributed by atoms with Crippen LogP contribution >= 0.6 is 0 Å². The lowest BCUT2D eigenvalue weighted by Gasteiger charge is -2.38. The fourth-order valence-corrected chi connectivity index (χ4v) is 3.98. The van der Waals surface area contributed by atoms with Gasteiger partial charge in [-0.2, -0.15) is 0 Å². The van der Waals surface area contributed by atoms with Crippen LogP contribution in [0.3, 0.4) is 0 Å². The summed E-state index contributed by atoms with van der Waals surface area (Å²) in [5.74, 6) is 1.27. The normalized spacial score (nSPS) is 23.4. The summed E-state index contributed by atoms with van der Waals surface area (Å²) in [6, 6.07) is 11.8. The number of carbonyl (C=O) groups is 1. The van der Waals surface area contributed by atoms with Gasteiger partial charge in [0.05, 0.1) is 7.11 Å². The lowest BCUT2D eigenvalue weighted by Crippen LogP contribution is -2.48. The molecule has 2 aromatic carbocycles. The molecule has 3 rings (SSSR count). The Kier molecular flexibility index (Phi) is 5.28. The highest BCUT2D eigenvalue weighted by Gasteiger charge is 2.42. The van der Waals surface area contributed by atoms with E-state index in [0.29, 0.717) is 12.5 Å². The van der Waals surface area contributed by atoms with E-state index < -0.39 is 5.60 Å². The number of amides is 1. The molecule has 25 heavy (non-hydrogen) atoms. The molecule has 1 N–H and O–H groups in total. The number of benzene rings is 2. The van der Waals surface area contributed by atoms with E-state index in [-0.39, 0.29) is 5.91 Å². The Balaban J connectivity index is 1.93. The molecular formula is C21H27NO3. The van der Waals surface area contributed by atoms with Crippen molar-refractivity contribution >= 4 is 22.4 Å². The minimum atomic E-state index is -0.715. The fourth-order valence-electron chi connectivity index (χ4n) is 3.98. The van der Waals surface area contributed by atoms with Crippen LogP contribution in [0.4, 0.5) is 5.69 Å². The third-order valence-electron chi connectivity index (χ3n) is 5.14. The summed E-state index contributed by atoms with van der Waals surface area (Å²) in [6.07, 6.45) is 3.75. The summed E-state index contributed by atoms with van der Waals surface area (Å²) in [4.78, 5) is 13.2. The number of nitrogens with one attached hydrogen (secondary N) is 1. The van der Waals surface area contributed by atoms with Crippen molar-refractivity contribution in [1.82, 2.24) is 0 Å². The van der Waals surface area contributed by atoms with Crippen LogP contribution in [-0.2, 0) is 9.53 Å². The van der Waals surface area contributed by atoms with Gasteiger partial charge < -0.3 is 14.8 Å². The fraction of sp³-hybridized carbons (Fsp3) is 0.476. The number of ether oxygens (including phenoxy) is 2. The first-order valence-electron chi connectivity index (χ1n) is 9.11. The highest BCUT2D eigenvalue weighted by molar-refractivity contribution is 6.06. The molecule has 0 unspecified atom stereocenters. The van der Waals surface area contributed by atoms with Crippen molar-refractivity contribution in [2.24, 2.45) is 5.92 Å². The summed E-state index contributed by atoms with van der Waals surface area (Å²) in [5.41, 5.74) is 0.0895. The number of rotatable bonds is 5. The van der Waals surface area contributed by atoms with Crippen LogP contribution in [0.5, 0.6) is 5.75 Å². The van der Waals surface area contributed by atoms with E-state index in [1.807, 2.05) is 43.3 Å². The molecule has 0 heterocycles. The minimum absolute atomic E-state index is 0.0313. The van der Waals surface area contributed by atoms with Gasteiger partial charge in [-0.05, 0) is 44.2 Å². The van der Waals surface area contributed by atoms with Crippen LogP contribution in [0, 0.1) is 5.92 Å². The zero-order chi connectivity index (χ0) is 17.9. The molecule has 134 valence electrons. The van der Waals surface area contributed by atoms with Crippen LogP contribution in [0.1, 0.15) is 39.5 Å². The number of carbonyl (C=O) groups excluding carboxylic acids is 1. The molecule has 0 radical (unpaired) electrons. The standard InChI is InChI=1S/C21H27NO3/c1-4-25-21(13-7-8-15(2)14-21)20(23)22-18-11-12-19(24-3)17-10-6-5-9-16(17)18/h5-6,9-12,15H,4,7-8,13-14H2,1-3H3,(H,22,23)/t15-,21-/m0/s1. The van der Waals surface area contributed by atoms with E-state index in [9.17, 15) is 4.79 Å². The van der Waals surface area contributed by atoms with Crippen molar-refractivity contribution in [3.8, 4) is 5.75 Å². The topological polar surface area (TPSA) is 47.6 Å². The number of fused-ring (bicyclic) bond motifs is 1. The van der Waals surface area contributed by atoms with E-state index >= 15 is 0 Å². The minimum Gasteiger partial charge on any atom is -0.496 e. The van der Waals surface area contributed by atoms with Gasteiger partial charge in [-0.1, -0.05) is 37.6 Å². The lowest BCUT2D eigenvalue weighted by atomic mass is 9.78. The Morgan fingerprint density at radius 2 is 2.00 bits per heavy atom. The molecule has 1 aliphatic rings. The Bertz CT molecular complexity index is 754. The van der Waals surface area contributed by atoms with Crippen molar-refractivity contribution in [2.45, 2.75) is 45.1 Å². The third kappa shape index (κ3) is 3.49. The molecule has 4 nitrogen and oxygen atoms in total. The van der Waals surface area contributed by atoms with Crippen molar-refractivity contribution < 1.29 is 14.3 Å². The Labute approximate surface area is 149 Å². The average Bonchev–Trinajstić information content (AvgIpc) is 2.62. The number of anilines is 1. The van der Waals surface area contributed by atoms with Crippen molar-refractivity contribution in [1.29, 1.82) is 0 Å². The second kappa shape index (κ2) is 7.44. The van der Waals surface area contributed by atoms with Gasteiger partial charge in [0.2, 0.25) is 0 Å². The summed E-state index contributed by atoms with van der Waals surface area (Å²) >= 11 is 0. The molecule has 4 heteroatoms. The summed E-state index contributed by atoms with van der Waals surface area (Å²) in [6.45, 7) is 4.70. The lowest BCUT2D eigenvalue weighted by molar-refractivity contribution is -0.147. The summed E-state index contributed by atoms with van der Waals surface area (Å²) in [7, 11) is 1.66. The van der Waals surface area contributed by atoms with Crippen LogP contribution in [0.15, 0.2) is 36.4 Å². The Morgan fingerprint density at radius 3 is 2.68 bits per heavy atom. The van der Waals surface area contributed by atoms with Crippen LogP contribution in [0.2, 0.25) is 0 Å². The van der Waals surface area contributed by atoms with Crippen molar-refractivity contribution in [2.75, 3.05) is 19.0 Å². The maximum Gasteiger partial charge on any atom is 0.256 e. The van der Waals surface area contributed by atoms with Crippen LogP contribution in [-0.4, -0.2) is 25.2 Å². The van der Waals surface area contributed by atoms with E-state index in [2.05, 4.69) is 12.2 Å². The van der Waals surface area contributed by atoms with E-state index in [0.717, 1.165) is 47.9 Å². The maximum atomic E-state index is 13.2. The van der Waals surface area contributed by atoms with E-state index in [4.69, 9.17) is 9.47 Å². The first-order chi connectivity index (χ1) is 12.1. The zero-order valence-electron chi connectivity index (χ0n) is 15.3. The molecule has 1 amide bonds. The van der Waals surface area contributed by atoms with Crippen LogP contribution < -0.4 is 10.1 Å². The molecule has 0 bridgehead atoms. The molecule has 1 saturated carbocycles. The molecular weight excluding hydrogens is 314 g/mol. The highest BCUT2D eigenvalue weighted by Crippen LogP contribution is 2.37. The second-order valence-electron chi connectivity index (χ2n) is 6.94. The van der Waals surface area contributed by atoms with Gasteiger partial charge in [-0.15, -0.1) is 0 Å². The van der Waals surface area contributed by atoms with Gasteiger partial charge in [-0.25, -0.2) is 0 Å². The van der Waals surface area contributed by atoms with Gasteiger partial charge in [0.15, 0.2) is 0 Å². The molecule has 0 aromatic heterocycles. The molecule has 1 aliphatic carbocycles. The second-order valence-corrected chi connectivity index (χ2v) is 6.94. The predicted molar refractivity (Wildman–Crippen MR) is 101 cm³/mol. The SMILES string of the molecule is CCO[C@@]1(C(=O)Nc2ccc(OC)c3ccccc23)CCC[C@H](C)C1. The predicted octanol–water partition coefficient (Wildman–Crippen LogP) is 4.77.